The monoisotopic (exact) mass is 692 g/mol. The molecule has 12 nitrogen and oxygen atoms in total. The molecule has 1 saturated heterocycles. The van der Waals surface area contributed by atoms with Crippen molar-refractivity contribution in [3.63, 3.8) is 0 Å². The average Bonchev–Trinajstić information content (AvgIpc) is 3.60. The fourth-order valence-corrected chi connectivity index (χ4v) is 7.85. The fourth-order valence-electron chi connectivity index (χ4n) is 6.56. The number of methoxy groups -OCH3 is 3. The molecule has 2 heterocycles. The molecule has 49 heavy (non-hydrogen) atoms. The first-order valence-electron chi connectivity index (χ1n) is 16.4. The van der Waals surface area contributed by atoms with Gasteiger partial charge in [-0.1, -0.05) is 19.1 Å². The second-order valence-electron chi connectivity index (χ2n) is 12.5. The summed E-state index contributed by atoms with van der Waals surface area (Å²) in [4.78, 5) is 41.6. The Balaban J connectivity index is 1.59. The van der Waals surface area contributed by atoms with Crippen LogP contribution >= 0.6 is 0 Å². The lowest BCUT2D eigenvalue weighted by Crippen LogP contribution is -2.38. The predicted molar refractivity (Wildman–Crippen MR) is 186 cm³/mol. The van der Waals surface area contributed by atoms with Crippen molar-refractivity contribution >= 4 is 39.1 Å². The summed E-state index contributed by atoms with van der Waals surface area (Å²) in [6, 6.07) is 13.8. The van der Waals surface area contributed by atoms with Crippen molar-refractivity contribution in [1.82, 2.24) is 10.2 Å². The van der Waals surface area contributed by atoms with E-state index in [1.807, 2.05) is 12.1 Å². The number of hydrogen-bond donors (Lipinski definition) is 3. The zero-order chi connectivity index (χ0) is 35.5. The summed E-state index contributed by atoms with van der Waals surface area (Å²) in [5.41, 5.74) is 3.43. The van der Waals surface area contributed by atoms with Crippen LogP contribution < -0.4 is 25.4 Å². The van der Waals surface area contributed by atoms with E-state index in [-0.39, 0.29) is 22.6 Å². The average molecular weight is 693 g/mol. The van der Waals surface area contributed by atoms with Crippen LogP contribution in [0.1, 0.15) is 85.1 Å². The third kappa shape index (κ3) is 7.17. The van der Waals surface area contributed by atoms with Gasteiger partial charge in [-0.05, 0) is 92.3 Å². The minimum Gasteiger partial charge on any atom is -0.493 e. The van der Waals surface area contributed by atoms with Crippen LogP contribution in [-0.2, 0) is 19.4 Å². The predicted octanol–water partition coefficient (Wildman–Crippen LogP) is 5.82. The van der Waals surface area contributed by atoms with Gasteiger partial charge < -0.3 is 29.7 Å². The minimum atomic E-state index is -3.77. The van der Waals surface area contributed by atoms with Crippen LogP contribution in [0.2, 0.25) is 0 Å². The number of fused-ring (bicyclic) bond motifs is 1. The highest BCUT2D eigenvalue weighted by Crippen LogP contribution is 2.41. The molecule has 0 saturated carbocycles. The molecule has 0 aliphatic carbocycles. The first kappa shape index (κ1) is 35.5. The lowest BCUT2D eigenvalue weighted by Gasteiger charge is -2.32. The van der Waals surface area contributed by atoms with Crippen molar-refractivity contribution in [3.05, 3.63) is 76.9 Å². The highest BCUT2D eigenvalue weighted by molar-refractivity contribution is 7.92. The van der Waals surface area contributed by atoms with Crippen LogP contribution in [0.25, 0.3) is 0 Å². The van der Waals surface area contributed by atoms with Gasteiger partial charge in [-0.2, -0.15) is 0 Å². The molecule has 0 bridgehead atoms. The first-order valence-corrected chi connectivity index (χ1v) is 17.9. The van der Waals surface area contributed by atoms with Gasteiger partial charge in [-0.25, -0.2) is 13.2 Å². The van der Waals surface area contributed by atoms with Gasteiger partial charge in [0.05, 0.1) is 37.5 Å². The highest BCUT2D eigenvalue weighted by atomic mass is 32.2. The highest BCUT2D eigenvalue weighted by Gasteiger charge is 2.38. The molecule has 262 valence electrons. The van der Waals surface area contributed by atoms with Gasteiger partial charge in [-0.15, -0.1) is 0 Å². The van der Waals surface area contributed by atoms with Gasteiger partial charge in [0.1, 0.15) is 6.04 Å². The molecule has 13 heteroatoms. The summed E-state index contributed by atoms with van der Waals surface area (Å²) in [7, 11) is 0.514. The second kappa shape index (κ2) is 14.8. The van der Waals surface area contributed by atoms with E-state index in [1.54, 1.807) is 49.1 Å². The van der Waals surface area contributed by atoms with Gasteiger partial charge in [-0.3, -0.25) is 14.9 Å². The van der Waals surface area contributed by atoms with E-state index in [0.29, 0.717) is 65.5 Å². The maximum atomic E-state index is 14.8. The molecule has 0 radical (unpaired) electrons. The van der Waals surface area contributed by atoms with Crippen LogP contribution in [0.4, 0.5) is 16.2 Å². The van der Waals surface area contributed by atoms with E-state index in [0.717, 1.165) is 12.0 Å². The van der Waals surface area contributed by atoms with Gasteiger partial charge in [0.15, 0.2) is 21.3 Å². The molecule has 3 amide bonds. The maximum Gasteiger partial charge on any atom is 0.411 e. The summed E-state index contributed by atoms with van der Waals surface area (Å²) in [6.07, 6.45) is 1.30. The number of nitrogens with one attached hydrogen (secondary N) is 3. The molecule has 1 fully saturated rings. The van der Waals surface area contributed by atoms with Gasteiger partial charge in [0, 0.05) is 35.9 Å². The van der Waals surface area contributed by atoms with Crippen LogP contribution in [0, 0.1) is 0 Å². The number of carbonyl (C=O) groups excluding carboxylic acids is 3. The number of carbonyl (C=O) groups is 3. The van der Waals surface area contributed by atoms with Gasteiger partial charge in [0.2, 0.25) is 5.91 Å². The van der Waals surface area contributed by atoms with Crippen molar-refractivity contribution in [2.24, 2.45) is 0 Å². The topological polar surface area (TPSA) is 152 Å². The third-order valence-corrected chi connectivity index (χ3v) is 11.5. The number of nitrogens with zero attached hydrogens (tertiary/aromatic N) is 1. The summed E-state index contributed by atoms with van der Waals surface area (Å²) in [6.45, 7) is 6.24. The molecule has 0 spiro atoms. The Bertz CT molecular complexity index is 1840. The molecule has 2 aliphatic rings. The summed E-state index contributed by atoms with van der Waals surface area (Å²) in [5, 5.41) is 8.25. The zero-order valence-electron chi connectivity index (χ0n) is 28.7. The fraction of sp³-hybridized carbons (Fsp3) is 0.417. The molecule has 3 aromatic carbocycles. The maximum absolute atomic E-state index is 14.8. The van der Waals surface area contributed by atoms with E-state index >= 15 is 0 Å². The van der Waals surface area contributed by atoms with Crippen molar-refractivity contribution in [2.45, 2.75) is 68.2 Å². The standard InChI is InChI=1S/C36H44N4O8S/c1-7-22-20-37-34(41)27-18-24(11-13-26(22)27)38-33(23-10-14-30(46-4)31(17-23)47-5)35(42)40-16-8-9-29(40)28-19-25(39-36(43)48-6)12-15-32(28)49(44,45)21(2)3/h10-15,17-19,21-22,29,33,38H,7-9,16,20H2,1-6H3,(H,37,41)(H,39,43)/t22-,29+,33?/m0/s1. The molecule has 1 unspecified atom stereocenters. The summed E-state index contributed by atoms with van der Waals surface area (Å²) in [5.74, 6) is 0.640. The second-order valence-corrected chi connectivity index (χ2v) is 14.9. The molecule has 3 aromatic rings. The molecule has 0 aromatic heterocycles. The van der Waals surface area contributed by atoms with Crippen LogP contribution in [0.3, 0.4) is 0 Å². The van der Waals surface area contributed by atoms with E-state index in [1.165, 1.54) is 33.5 Å². The lowest BCUT2D eigenvalue weighted by atomic mass is 9.88. The van der Waals surface area contributed by atoms with Crippen LogP contribution in [0.5, 0.6) is 11.5 Å². The Morgan fingerprint density at radius 2 is 1.69 bits per heavy atom. The van der Waals surface area contributed by atoms with E-state index in [9.17, 15) is 22.8 Å². The largest absolute Gasteiger partial charge is 0.493 e. The number of hydrogen-bond acceptors (Lipinski definition) is 9. The van der Waals surface area contributed by atoms with E-state index < -0.39 is 33.3 Å². The Hall–Kier alpha value is -4.78. The van der Waals surface area contributed by atoms with Crippen molar-refractivity contribution in [3.8, 4) is 11.5 Å². The lowest BCUT2D eigenvalue weighted by molar-refractivity contribution is -0.133. The quantitative estimate of drug-likeness (QED) is 0.226. The van der Waals surface area contributed by atoms with E-state index in [2.05, 4.69) is 22.9 Å². The van der Waals surface area contributed by atoms with Gasteiger partial charge >= 0.3 is 6.09 Å². The van der Waals surface area contributed by atoms with E-state index in [4.69, 9.17) is 14.2 Å². The van der Waals surface area contributed by atoms with Crippen LogP contribution in [0.15, 0.2) is 59.5 Å². The molecule has 3 atom stereocenters. The number of benzene rings is 3. The number of likely N-dealkylation sites (tertiary alicyclic amines) is 1. The number of sulfone groups is 1. The first-order chi connectivity index (χ1) is 23.4. The van der Waals surface area contributed by atoms with Crippen molar-refractivity contribution < 1.29 is 37.0 Å². The smallest absolute Gasteiger partial charge is 0.411 e. The number of amides is 3. The Morgan fingerprint density at radius 3 is 2.37 bits per heavy atom. The van der Waals surface area contributed by atoms with Gasteiger partial charge in [0.25, 0.3) is 5.91 Å². The molecule has 3 N–H and O–H groups in total. The third-order valence-electron chi connectivity index (χ3n) is 9.30. The van der Waals surface area contributed by atoms with Crippen molar-refractivity contribution in [1.29, 1.82) is 0 Å². The summed E-state index contributed by atoms with van der Waals surface area (Å²) >= 11 is 0. The Labute approximate surface area is 287 Å². The van der Waals surface area contributed by atoms with Crippen molar-refractivity contribution in [2.75, 3.05) is 45.1 Å². The zero-order valence-corrected chi connectivity index (χ0v) is 29.5. The Morgan fingerprint density at radius 1 is 0.959 bits per heavy atom. The van der Waals surface area contributed by atoms with Crippen LogP contribution in [-0.4, -0.2) is 70.9 Å². The number of anilines is 2. The molecular weight excluding hydrogens is 648 g/mol. The number of rotatable bonds is 11. The Kier molecular flexibility index (Phi) is 10.7. The summed E-state index contributed by atoms with van der Waals surface area (Å²) < 4.78 is 43.0. The number of ether oxygens (including phenoxy) is 3. The normalized spacial score (nSPS) is 17.9. The molecular formula is C36H44N4O8S. The SMILES string of the molecule is CC[C@H]1CNC(=O)c2cc(NC(C(=O)N3CCC[C@@H]3c3cc(NC(=O)OC)ccc3S(=O)(=O)C(C)C)c3ccc(OC)c(OC)c3)ccc21. The minimum absolute atomic E-state index is 0.101. The molecule has 5 rings (SSSR count). The molecule has 2 aliphatic heterocycles.